The standard InChI is InChI=1S/C20H25FN2O2/c1-23(19(15-25-2)12-16-6-4-3-5-7-16)14-20(24)22-13-17-8-10-18(21)11-9-17/h3-11,19H,12-15H2,1-2H3,(H,22,24). The molecule has 2 rings (SSSR count). The molecule has 0 aliphatic rings. The first-order chi connectivity index (χ1) is 12.1. The lowest BCUT2D eigenvalue weighted by Crippen LogP contribution is -2.43. The Balaban J connectivity index is 1.85. The summed E-state index contributed by atoms with van der Waals surface area (Å²) in [6.07, 6.45) is 0.816. The summed E-state index contributed by atoms with van der Waals surface area (Å²) in [4.78, 5) is 14.2. The van der Waals surface area contributed by atoms with Crippen molar-refractivity contribution >= 4 is 5.91 Å². The first-order valence-electron chi connectivity index (χ1n) is 8.32. The summed E-state index contributed by atoms with van der Waals surface area (Å²) in [5.74, 6) is -0.348. The molecule has 0 heterocycles. The van der Waals surface area contributed by atoms with Gasteiger partial charge in [-0.15, -0.1) is 0 Å². The maximum absolute atomic E-state index is 12.9. The van der Waals surface area contributed by atoms with Gasteiger partial charge >= 0.3 is 0 Å². The van der Waals surface area contributed by atoms with Crippen LogP contribution >= 0.6 is 0 Å². The maximum atomic E-state index is 12.9. The molecule has 0 saturated heterocycles. The smallest absolute Gasteiger partial charge is 0.234 e. The van der Waals surface area contributed by atoms with Crippen molar-refractivity contribution < 1.29 is 13.9 Å². The van der Waals surface area contributed by atoms with E-state index < -0.39 is 0 Å². The van der Waals surface area contributed by atoms with Crippen molar-refractivity contribution in [1.29, 1.82) is 0 Å². The van der Waals surface area contributed by atoms with E-state index in [0.29, 0.717) is 13.2 Å². The van der Waals surface area contributed by atoms with E-state index >= 15 is 0 Å². The lowest BCUT2D eigenvalue weighted by Gasteiger charge is -2.27. The summed E-state index contributed by atoms with van der Waals surface area (Å²) in [5, 5.41) is 2.87. The third-order valence-corrected chi connectivity index (χ3v) is 4.09. The van der Waals surface area contributed by atoms with Gasteiger partial charge in [0, 0.05) is 19.7 Å². The van der Waals surface area contributed by atoms with Gasteiger partial charge in [0.25, 0.3) is 0 Å². The van der Waals surface area contributed by atoms with Gasteiger partial charge in [0.1, 0.15) is 5.82 Å². The fourth-order valence-corrected chi connectivity index (χ4v) is 2.63. The van der Waals surface area contributed by atoms with Gasteiger partial charge in [-0.1, -0.05) is 42.5 Å². The molecule has 134 valence electrons. The van der Waals surface area contributed by atoms with E-state index in [-0.39, 0.29) is 24.3 Å². The molecule has 2 aromatic carbocycles. The van der Waals surface area contributed by atoms with Crippen LogP contribution in [0.15, 0.2) is 54.6 Å². The van der Waals surface area contributed by atoms with E-state index in [0.717, 1.165) is 12.0 Å². The summed E-state index contributed by atoms with van der Waals surface area (Å²) in [6, 6.07) is 16.4. The number of nitrogens with one attached hydrogen (secondary N) is 1. The van der Waals surface area contributed by atoms with Gasteiger partial charge in [0.2, 0.25) is 5.91 Å². The Bertz CT molecular complexity index is 647. The van der Waals surface area contributed by atoms with Crippen molar-refractivity contribution in [2.75, 3.05) is 27.3 Å². The molecule has 2 aromatic rings. The largest absolute Gasteiger partial charge is 0.383 e. The highest BCUT2D eigenvalue weighted by Gasteiger charge is 2.18. The summed E-state index contributed by atoms with van der Waals surface area (Å²) in [7, 11) is 3.59. The topological polar surface area (TPSA) is 41.6 Å². The van der Waals surface area contributed by atoms with Gasteiger partial charge in [-0.05, 0) is 36.7 Å². The van der Waals surface area contributed by atoms with Gasteiger partial charge in [-0.25, -0.2) is 4.39 Å². The molecule has 1 N–H and O–H groups in total. The highest BCUT2D eigenvalue weighted by atomic mass is 19.1. The Morgan fingerprint density at radius 1 is 1.12 bits per heavy atom. The second-order valence-electron chi connectivity index (χ2n) is 6.12. The van der Waals surface area contributed by atoms with Gasteiger partial charge in [-0.2, -0.15) is 0 Å². The van der Waals surface area contributed by atoms with Crippen LogP contribution in [-0.4, -0.2) is 44.2 Å². The highest BCUT2D eigenvalue weighted by molar-refractivity contribution is 5.78. The van der Waals surface area contributed by atoms with Gasteiger partial charge in [-0.3, -0.25) is 9.69 Å². The maximum Gasteiger partial charge on any atom is 0.234 e. The van der Waals surface area contributed by atoms with Crippen molar-refractivity contribution in [3.8, 4) is 0 Å². The molecule has 0 aliphatic heterocycles. The van der Waals surface area contributed by atoms with Crippen molar-refractivity contribution in [3.63, 3.8) is 0 Å². The minimum atomic E-state index is -0.280. The number of hydrogen-bond donors (Lipinski definition) is 1. The number of rotatable bonds is 9. The van der Waals surface area contributed by atoms with E-state index in [9.17, 15) is 9.18 Å². The number of hydrogen-bond acceptors (Lipinski definition) is 3. The van der Waals surface area contributed by atoms with Gasteiger partial charge < -0.3 is 10.1 Å². The lowest BCUT2D eigenvalue weighted by atomic mass is 10.1. The molecular weight excluding hydrogens is 319 g/mol. The van der Waals surface area contributed by atoms with Crippen molar-refractivity contribution in [1.82, 2.24) is 10.2 Å². The molecule has 1 unspecified atom stereocenters. The molecule has 1 atom stereocenters. The van der Waals surface area contributed by atoms with Crippen LogP contribution in [0.5, 0.6) is 0 Å². The molecule has 0 aromatic heterocycles. The van der Waals surface area contributed by atoms with Crippen LogP contribution < -0.4 is 5.32 Å². The molecule has 25 heavy (non-hydrogen) atoms. The molecule has 1 amide bonds. The van der Waals surface area contributed by atoms with Crippen LogP contribution in [0.2, 0.25) is 0 Å². The van der Waals surface area contributed by atoms with E-state index in [1.54, 1.807) is 19.2 Å². The summed E-state index contributed by atoms with van der Waals surface area (Å²) in [5.41, 5.74) is 2.08. The number of amides is 1. The van der Waals surface area contributed by atoms with E-state index in [4.69, 9.17) is 4.74 Å². The number of carbonyl (C=O) groups is 1. The molecule has 0 fully saturated rings. The first kappa shape index (κ1) is 19.1. The van der Waals surface area contributed by atoms with Crippen molar-refractivity contribution in [2.24, 2.45) is 0 Å². The monoisotopic (exact) mass is 344 g/mol. The van der Waals surface area contributed by atoms with Crippen LogP contribution in [0.3, 0.4) is 0 Å². The number of nitrogens with zero attached hydrogens (tertiary/aromatic N) is 1. The van der Waals surface area contributed by atoms with E-state index in [1.165, 1.54) is 17.7 Å². The third kappa shape index (κ3) is 6.64. The predicted octanol–water partition coefficient (Wildman–Crippen LogP) is 2.63. The number of benzene rings is 2. The summed E-state index contributed by atoms with van der Waals surface area (Å²) in [6.45, 7) is 1.22. The Morgan fingerprint density at radius 2 is 1.80 bits per heavy atom. The molecule has 0 saturated carbocycles. The summed E-state index contributed by atoms with van der Waals surface area (Å²) >= 11 is 0. The average Bonchev–Trinajstić information content (AvgIpc) is 2.62. The zero-order valence-electron chi connectivity index (χ0n) is 14.7. The quantitative estimate of drug-likeness (QED) is 0.760. The third-order valence-electron chi connectivity index (χ3n) is 4.09. The average molecular weight is 344 g/mol. The molecule has 0 aliphatic carbocycles. The Morgan fingerprint density at radius 3 is 2.44 bits per heavy atom. The molecule has 5 heteroatoms. The Hall–Kier alpha value is -2.24. The van der Waals surface area contributed by atoms with Crippen molar-refractivity contribution in [3.05, 3.63) is 71.5 Å². The second kappa shape index (κ2) is 9.91. The van der Waals surface area contributed by atoms with E-state index in [1.807, 2.05) is 30.1 Å². The molecule has 4 nitrogen and oxygen atoms in total. The lowest BCUT2D eigenvalue weighted by molar-refractivity contribution is -0.122. The van der Waals surface area contributed by atoms with Crippen LogP contribution in [0, 0.1) is 5.82 Å². The van der Waals surface area contributed by atoms with Crippen LogP contribution in [0.25, 0.3) is 0 Å². The van der Waals surface area contributed by atoms with E-state index in [2.05, 4.69) is 17.4 Å². The summed E-state index contributed by atoms with van der Waals surface area (Å²) < 4.78 is 18.2. The van der Waals surface area contributed by atoms with Gasteiger partial charge in [0.15, 0.2) is 0 Å². The zero-order chi connectivity index (χ0) is 18.1. The molecule has 0 spiro atoms. The fourth-order valence-electron chi connectivity index (χ4n) is 2.63. The molecule has 0 radical (unpaired) electrons. The molecule has 0 bridgehead atoms. The number of ether oxygens (including phenoxy) is 1. The second-order valence-corrected chi connectivity index (χ2v) is 6.12. The normalized spacial score (nSPS) is 12.2. The van der Waals surface area contributed by atoms with Crippen LogP contribution in [-0.2, 0) is 22.5 Å². The fraction of sp³-hybridized carbons (Fsp3) is 0.350. The zero-order valence-corrected chi connectivity index (χ0v) is 14.7. The van der Waals surface area contributed by atoms with Crippen LogP contribution in [0.4, 0.5) is 4.39 Å². The SMILES string of the molecule is COCC(Cc1ccccc1)N(C)CC(=O)NCc1ccc(F)cc1. The van der Waals surface area contributed by atoms with Crippen LogP contribution in [0.1, 0.15) is 11.1 Å². The number of methoxy groups -OCH3 is 1. The highest BCUT2D eigenvalue weighted by Crippen LogP contribution is 2.08. The number of halogens is 1. The van der Waals surface area contributed by atoms with Crippen molar-refractivity contribution in [2.45, 2.75) is 19.0 Å². The Kier molecular flexibility index (Phi) is 7.57. The molecular formula is C20H25FN2O2. The minimum Gasteiger partial charge on any atom is -0.383 e. The predicted molar refractivity (Wildman–Crippen MR) is 96.7 cm³/mol. The first-order valence-corrected chi connectivity index (χ1v) is 8.32. The number of carbonyl (C=O) groups excluding carboxylic acids is 1. The Labute approximate surface area is 148 Å². The minimum absolute atomic E-state index is 0.0685. The van der Waals surface area contributed by atoms with Gasteiger partial charge in [0.05, 0.1) is 13.2 Å². The number of likely N-dealkylation sites (N-methyl/N-ethyl adjacent to an activating group) is 1.